The quantitative estimate of drug-likeness (QED) is 0.141. The van der Waals surface area contributed by atoms with Gasteiger partial charge in [-0.2, -0.15) is 0 Å². The molecule has 2 aromatic heterocycles. The smallest absolute Gasteiger partial charge is 0.410 e. The highest BCUT2D eigenvalue weighted by atomic mass is 35.5. The highest BCUT2D eigenvalue weighted by molar-refractivity contribution is 6.42. The molecule has 4 fully saturated rings. The molecule has 16 heteroatoms. The first kappa shape index (κ1) is 47.2. The largest absolute Gasteiger partial charge is 0.495 e. The fourth-order valence-electron chi connectivity index (χ4n) is 10.3. The molecule has 2 saturated carbocycles. The van der Waals surface area contributed by atoms with E-state index in [-0.39, 0.29) is 11.5 Å². The van der Waals surface area contributed by atoms with Crippen molar-refractivity contribution in [2.45, 2.75) is 64.9 Å². The van der Waals surface area contributed by atoms with Gasteiger partial charge in [-0.25, -0.2) is 24.7 Å². The van der Waals surface area contributed by atoms with Crippen LogP contribution in [-0.4, -0.2) is 91.1 Å². The van der Waals surface area contributed by atoms with E-state index in [0.29, 0.717) is 71.5 Å². The van der Waals surface area contributed by atoms with Gasteiger partial charge < -0.3 is 33.9 Å². The Hall–Kier alpha value is -4.85. The van der Waals surface area contributed by atoms with E-state index in [1.165, 1.54) is 25.9 Å². The zero-order chi connectivity index (χ0) is 47.4. The number of nitrogens with one attached hydrogen (secondary N) is 1. The van der Waals surface area contributed by atoms with Gasteiger partial charge in [-0.1, -0.05) is 58.5 Å². The van der Waals surface area contributed by atoms with Gasteiger partial charge in [0.1, 0.15) is 40.2 Å². The first-order valence-electron chi connectivity index (χ1n) is 22.4. The van der Waals surface area contributed by atoms with Crippen molar-refractivity contribution >= 4 is 74.3 Å². The Balaban J connectivity index is 0.000000171. The number of carbonyl (C=O) groups excluding carboxylic acids is 1. The molecule has 6 aromatic rings. The van der Waals surface area contributed by atoms with E-state index in [9.17, 15) is 4.79 Å². The number of nitrogens with zero attached hydrogens (tertiary/aromatic N) is 5. The average Bonchev–Trinajstić information content (AvgIpc) is 3.24. The predicted octanol–water partition coefficient (Wildman–Crippen LogP) is 12.0. The highest BCUT2D eigenvalue weighted by Crippen LogP contribution is 2.54. The number of fused-ring (bicyclic) bond motifs is 2. The van der Waals surface area contributed by atoms with Crippen LogP contribution >= 0.6 is 46.4 Å². The van der Waals surface area contributed by atoms with Crippen molar-refractivity contribution in [3.8, 4) is 45.3 Å². The van der Waals surface area contributed by atoms with Crippen molar-refractivity contribution in [2.24, 2.45) is 22.7 Å². The second-order valence-electron chi connectivity index (χ2n) is 19.6. The summed E-state index contributed by atoms with van der Waals surface area (Å²) in [6.45, 7) is 9.58. The molecule has 1 amide bonds. The van der Waals surface area contributed by atoms with Crippen LogP contribution in [0.15, 0.2) is 60.9 Å². The van der Waals surface area contributed by atoms with Crippen LogP contribution in [0.3, 0.4) is 0 Å². The number of methoxy groups -OCH3 is 4. The molecule has 2 spiro atoms. The van der Waals surface area contributed by atoms with Crippen LogP contribution in [0.25, 0.3) is 44.1 Å². The summed E-state index contributed by atoms with van der Waals surface area (Å²) < 4.78 is 27.1. The molecule has 12 nitrogen and oxygen atoms in total. The van der Waals surface area contributed by atoms with Crippen LogP contribution in [-0.2, 0) is 17.6 Å². The lowest BCUT2D eigenvalue weighted by Gasteiger charge is -2.58. The monoisotopic (exact) mass is 986 g/mol. The molecule has 2 aliphatic heterocycles. The Bertz CT molecular complexity index is 2810. The Labute approximate surface area is 410 Å². The number of ether oxygens (including phenoxy) is 5. The zero-order valence-corrected chi connectivity index (χ0v) is 41.7. The molecule has 0 radical (unpaired) electrons. The van der Waals surface area contributed by atoms with Crippen molar-refractivity contribution in [3.63, 3.8) is 0 Å². The topological polar surface area (TPSA) is 130 Å². The summed E-state index contributed by atoms with van der Waals surface area (Å²) in [6.07, 6.45) is 10.0. The second-order valence-corrected chi connectivity index (χ2v) is 21.1. The van der Waals surface area contributed by atoms with E-state index >= 15 is 0 Å². The third-order valence-electron chi connectivity index (χ3n) is 13.5. The van der Waals surface area contributed by atoms with Crippen molar-refractivity contribution in [3.05, 3.63) is 92.7 Å². The SMILES string of the molecule is COc1cc(OC)c(Cl)c(-c2ccc3nc(CC4CC5(C4)CN(C(=O)OC(C)(C)C)C5)ncc3c2)c1Cl.COc1cc(OC)c(Cl)c(-c2ccc3nc(CC4CC5(CNC5)C4)ncc3c2)c1Cl. The van der Waals surface area contributed by atoms with Crippen molar-refractivity contribution in [2.75, 3.05) is 54.6 Å². The van der Waals surface area contributed by atoms with E-state index in [0.717, 1.165) is 83.4 Å². The van der Waals surface area contributed by atoms with Gasteiger partial charge in [0, 0.05) is 90.9 Å². The lowest BCUT2D eigenvalue weighted by molar-refractivity contribution is -0.0950. The summed E-state index contributed by atoms with van der Waals surface area (Å²) in [5.41, 5.74) is 5.16. The molecular weight excluding hydrogens is 934 g/mol. The van der Waals surface area contributed by atoms with Crippen LogP contribution in [0.2, 0.25) is 20.1 Å². The molecule has 0 atom stereocenters. The van der Waals surface area contributed by atoms with Gasteiger partial charge in [0.15, 0.2) is 0 Å². The molecule has 2 saturated heterocycles. The van der Waals surface area contributed by atoms with Gasteiger partial charge in [-0.05, 0) is 99.1 Å². The maximum absolute atomic E-state index is 12.2. The minimum Gasteiger partial charge on any atom is -0.495 e. The molecule has 4 aromatic carbocycles. The van der Waals surface area contributed by atoms with E-state index in [4.69, 9.17) is 80.1 Å². The van der Waals surface area contributed by atoms with Gasteiger partial charge in [0.05, 0.1) is 59.6 Å². The molecule has 1 N–H and O–H groups in total. The number of likely N-dealkylation sites (tertiary alicyclic amines) is 1. The molecule has 352 valence electrons. The molecule has 10 rings (SSSR count). The number of carbonyl (C=O) groups is 1. The second kappa shape index (κ2) is 18.6. The summed E-state index contributed by atoms with van der Waals surface area (Å²) in [5, 5.41) is 6.97. The molecule has 67 heavy (non-hydrogen) atoms. The zero-order valence-electron chi connectivity index (χ0n) is 38.7. The lowest BCUT2D eigenvalue weighted by atomic mass is 9.57. The molecule has 0 bridgehead atoms. The van der Waals surface area contributed by atoms with Crippen molar-refractivity contribution in [1.29, 1.82) is 0 Å². The number of aromatic nitrogens is 4. The van der Waals surface area contributed by atoms with Gasteiger partial charge in [0.2, 0.25) is 0 Å². The number of hydrogen-bond acceptors (Lipinski definition) is 11. The minimum atomic E-state index is -0.463. The maximum atomic E-state index is 12.2. The van der Waals surface area contributed by atoms with Crippen LogP contribution in [0, 0.1) is 22.7 Å². The Kier molecular flexibility index (Phi) is 13.1. The number of hydrogen-bond donors (Lipinski definition) is 1. The van der Waals surface area contributed by atoms with Gasteiger partial charge in [-0.3, -0.25) is 0 Å². The number of benzene rings is 4. The fraction of sp³-hybridized carbons (Fsp3) is 0.431. The van der Waals surface area contributed by atoms with E-state index in [1.54, 1.807) is 40.6 Å². The van der Waals surface area contributed by atoms with E-state index < -0.39 is 5.60 Å². The summed E-state index contributed by atoms with van der Waals surface area (Å²) in [7, 11) is 6.25. The van der Waals surface area contributed by atoms with Crippen LogP contribution in [0.5, 0.6) is 23.0 Å². The third-order valence-corrected chi connectivity index (χ3v) is 15.0. The molecule has 2 aliphatic carbocycles. The first-order chi connectivity index (χ1) is 32.0. The Morgan fingerprint density at radius 3 is 1.40 bits per heavy atom. The summed E-state index contributed by atoms with van der Waals surface area (Å²) in [6, 6.07) is 15.2. The Morgan fingerprint density at radius 2 is 1.04 bits per heavy atom. The van der Waals surface area contributed by atoms with Gasteiger partial charge >= 0.3 is 6.09 Å². The van der Waals surface area contributed by atoms with Crippen LogP contribution in [0.1, 0.15) is 58.1 Å². The van der Waals surface area contributed by atoms with Gasteiger partial charge in [0.25, 0.3) is 0 Å². The van der Waals surface area contributed by atoms with Crippen molar-refractivity contribution in [1.82, 2.24) is 30.2 Å². The standard InChI is InChI=1S/C28H31Cl2N3O4.C23H23Cl2N3O2/c1-27(2,3)37-26(34)33-14-28(15-33)11-16(12-28)8-22-31-13-18-9-17(6-7-19(18)32-22)23-24(29)20(35-4)10-21(36-5)25(23)30;1-29-17-7-18(30-2)22(25)20(21(17)24)14-3-4-16-15(6-14)10-27-19(28-16)5-13-8-23(9-13)11-26-12-23/h6-7,9-10,13,16H,8,11-12,14-15H2,1-5H3;3-4,6-7,10,13,26H,5,8-9,11-12H2,1-2H3. The van der Waals surface area contributed by atoms with Crippen LogP contribution < -0.4 is 24.3 Å². The van der Waals surface area contributed by atoms with Gasteiger partial charge in [-0.15, -0.1) is 0 Å². The highest BCUT2D eigenvalue weighted by Gasteiger charge is 2.54. The predicted molar refractivity (Wildman–Crippen MR) is 265 cm³/mol. The minimum absolute atomic E-state index is 0.214. The van der Waals surface area contributed by atoms with Crippen molar-refractivity contribution < 1.29 is 28.5 Å². The number of rotatable bonds is 10. The summed E-state index contributed by atoms with van der Waals surface area (Å²) >= 11 is 26.4. The normalized spacial score (nSPS) is 18.0. The fourth-order valence-corrected chi connectivity index (χ4v) is 11.7. The molecule has 4 heterocycles. The van der Waals surface area contributed by atoms with Crippen LogP contribution in [0.4, 0.5) is 4.79 Å². The Morgan fingerprint density at radius 1 is 0.642 bits per heavy atom. The molecule has 4 aliphatic rings. The first-order valence-corrected chi connectivity index (χ1v) is 23.9. The summed E-state index contributed by atoms with van der Waals surface area (Å²) in [5.74, 6) is 4.99. The maximum Gasteiger partial charge on any atom is 0.410 e. The summed E-state index contributed by atoms with van der Waals surface area (Å²) in [4.78, 5) is 32.9. The number of halogens is 4. The number of amides is 1. The molecule has 0 unspecified atom stereocenters. The molecular formula is C51H54Cl4N6O6. The van der Waals surface area contributed by atoms with E-state index in [1.807, 2.05) is 74.5 Å². The average molecular weight is 989 g/mol. The van der Waals surface area contributed by atoms with E-state index in [2.05, 4.69) is 15.3 Å². The third kappa shape index (κ3) is 9.49. The lowest BCUT2D eigenvalue weighted by Crippen LogP contribution is -2.64.